The number of ether oxygens (including phenoxy) is 1. The number of amides is 1. The summed E-state index contributed by atoms with van der Waals surface area (Å²) in [5.41, 5.74) is 1.52. The van der Waals surface area contributed by atoms with Gasteiger partial charge in [0, 0.05) is 6.61 Å². The van der Waals surface area contributed by atoms with Crippen molar-refractivity contribution in [1.29, 1.82) is 0 Å². The first-order valence-corrected chi connectivity index (χ1v) is 11.0. The number of para-hydroxylation sites is 1. The van der Waals surface area contributed by atoms with Crippen LogP contribution in [0.15, 0.2) is 54.6 Å². The second-order valence-corrected chi connectivity index (χ2v) is 8.57. The third-order valence-electron chi connectivity index (χ3n) is 4.19. The molecule has 0 radical (unpaired) electrons. The summed E-state index contributed by atoms with van der Waals surface area (Å²) in [5, 5.41) is 2.91. The first-order valence-electron chi connectivity index (χ1n) is 9.35. The van der Waals surface area contributed by atoms with Gasteiger partial charge >= 0.3 is 0 Å². The lowest BCUT2D eigenvalue weighted by Gasteiger charge is -2.18. The van der Waals surface area contributed by atoms with Gasteiger partial charge < -0.3 is 10.1 Å². The molecule has 0 aliphatic carbocycles. The maximum absolute atomic E-state index is 12.7. The minimum Gasteiger partial charge on any atom is -0.381 e. The van der Waals surface area contributed by atoms with Crippen LogP contribution < -0.4 is 10.0 Å². The van der Waals surface area contributed by atoms with E-state index in [2.05, 4.69) is 10.0 Å². The van der Waals surface area contributed by atoms with Gasteiger partial charge in [0.15, 0.2) is 0 Å². The van der Waals surface area contributed by atoms with Gasteiger partial charge in [0.1, 0.15) is 0 Å². The monoisotopic (exact) mass is 404 g/mol. The van der Waals surface area contributed by atoms with E-state index in [-0.39, 0.29) is 34.9 Å². The van der Waals surface area contributed by atoms with Gasteiger partial charge in [0.2, 0.25) is 10.0 Å². The lowest BCUT2D eigenvalue weighted by atomic mass is 10.1. The number of hydrogen-bond acceptors (Lipinski definition) is 4. The summed E-state index contributed by atoms with van der Waals surface area (Å²) in [6.07, 6.45) is 0. The van der Waals surface area contributed by atoms with Gasteiger partial charge in [-0.1, -0.05) is 49.4 Å². The average Bonchev–Trinajstić information content (AvgIpc) is 2.66. The standard InChI is InChI=1S/C21H28N2O4S/c1-4-27-14-16(2)15-28(25,26)23-20-13-9-8-12-19(20)21(24)22-17(3)18-10-6-5-7-11-18/h5-13,16-17,23H,4,14-15H2,1-3H3,(H,22,24)/t16-,17-/m0/s1. The van der Waals surface area contributed by atoms with Crippen LogP contribution in [0.1, 0.15) is 42.7 Å². The minimum absolute atomic E-state index is 0.0800. The summed E-state index contributed by atoms with van der Waals surface area (Å²) in [7, 11) is -3.61. The van der Waals surface area contributed by atoms with Crippen molar-refractivity contribution in [3.05, 3.63) is 65.7 Å². The molecule has 0 saturated carbocycles. The van der Waals surface area contributed by atoms with Gasteiger partial charge in [-0.05, 0) is 37.5 Å². The highest BCUT2D eigenvalue weighted by Crippen LogP contribution is 2.19. The quantitative estimate of drug-likeness (QED) is 0.634. The smallest absolute Gasteiger partial charge is 0.253 e. The van der Waals surface area contributed by atoms with Crippen LogP contribution in [-0.2, 0) is 14.8 Å². The SMILES string of the molecule is CCOC[C@H](C)CS(=O)(=O)Nc1ccccc1C(=O)N[C@@H](C)c1ccccc1. The van der Waals surface area contributed by atoms with Crippen molar-refractivity contribution in [2.75, 3.05) is 23.7 Å². The van der Waals surface area contributed by atoms with Crippen molar-refractivity contribution >= 4 is 21.6 Å². The molecule has 0 aliphatic rings. The van der Waals surface area contributed by atoms with Crippen LogP contribution in [0.5, 0.6) is 0 Å². The molecule has 2 aromatic carbocycles. The fourth-order valence-electron chi connectivity index (χ4n) is 2.82. The van der Waals surface area contributed by atoms with Gasteiger partial charge in [-0.3, -0.25) is 9.52 Å². The molecular formula is C21H28N2O4S. The van der Waals surface area contributed by atoms with Gasteiger partial charge in [-0.2, -0.15) is 0 Å². The molecule has 0 fully saturated rings. The van der Waals surface area contributed by atoms with E-state index in [1.807, 2.05) is 51.1 Å². The van der Waals surface area contributed by atoms with Crippen LogP contribution in [0.4, 0.5) is 5.69 Å². The van der Waals surface area contributed by atoms with Crippen LogP contribution in [0.25, 0.3) is 0 Å². The normalized spacial score (nSPS) is 13.5. The highest BCUT2D eigenvalue weighted by atomic mass is 32.2. The Bertz CT molecular complexity index is 869. The molecule has 0 unspecified atom stereocenters. The highest BCUT2D eigenvalue weighted by Gasteiger charge is 2.20. The Hall–Kier alpha value is -2.38. The number of rotatable bonds is 10. The van der Waals surface area contributed by atoms with Crippen LogP contribution in [-0.4, -0.2) is 33.3 Å². The molecule has 2 aromatic rings. The van der Waals surface area contributed by atoms with Crippen LogP contribution in [0.3, 0.4) is 0 Å². The summed E-state index contributed by atoms with van der Waals surface area (Å²) in [5.74, 6) is -0.572. The Morgan fingerprint density at radius 2 is 1.68 bits per heavy atom. The second kappa shape index (κ2) is 10.2. The van der Waals surface area contributed by atoms with Crippen LogP contribution in [0, 0.1) is 5.92 Å². The Morgan fingerprint density at radius 3 is 2.36 bits per heavy atom. The zero-order valence-electron chi connectivity index (χ0n) is 16.5. The van der Waals surface area contributed by atoms with E-state index in [1.54, 1.807) is 24.3 Å². The fraction of sp³-hybridized carbons (Fsp3) is 0.381. The molecule has 0 saturated heterocycles. The van der Waals surface area contributed by atoms with E-state index in [0.29, 0.717) is 13.2 Å². The minimum atomic E-state index is -3.61. The van der Waals surface area contributed by atoms with E-state index in [1.165, 1.54) is 0 Å². The average molecular weight is 405 g/mol. The van der Waals surface area contributed by atoms with E-state index in [0.717, 1.165) is 5.56 Å². The number of benzene rings is 2. The highest BCUT2D eigenvalue weighted by molar-refractivity contribution is 7.92. The third-order valence-corrected chi connectivity index (χ3v) is 5.73. The maximum atomic E-state index is 12.7. The summed E-state index contributed by atoms with van der Waals surface area (Å²) >= 11 is 0. The number of carbonyl (C=O) groups is 1. The molecule has 1 amide bonds. The molecule has 0 spiro atoms. The van der Waals surface area contributed by atoms with Gasteiger partial charge in [-0.15, -0.1) is 0 Å². The predicted octanol–water partition coefficient (Wildman–Crippen LogP) is 3.59. The maximum Gasteiger partial charge on any atom is 0.253 e. The van der Waals surface area contributed by atoms with Crippen LogP contribution in [0.2, 0.25) is 0 Å². The molecular weight excluding hydrogens is 376 g/mol. The lowest BCUT2D eigenvalue weighted by Crippen LogP contribution is -2.29. The fourth-order valence-corrected chi connectivity index (χ4v) is 4.26. The molecule has 28 heavy (non-hydrogen) atoms. The van der Waals surface area contributed by atoms with Crippen molar-refractivity contribution in [2.24, 2.45) is 5.92 Å². The molecule has 2 N–H and O–H groups in total. The summed E-state index contributed by atoms with van der Waals surface area (Å²) in [6.45, 7) is 6.48. The van der Waals surface area contributed by atoms with E-state index in [4.69, 9.17) is 4.74 Å². The van der Waals surface area contributed by atoms with E-state index < -0.39 is 10.0 Å². The molecule has 0 aliphatic heterocycles. The Labute approximate surface area is 167 Å². The first-order chi connectivity index (χ1) is 13.3. The molecule has 152 valence electrons. The second-order valence-electron chi connectivity index (χ2n) is 6.80. The van der Waals surface area contributed by atoms with Crippen LogP contribution >= 0.6 is 0 Å². The number of anilines is 1. The van der Waals surface area contributed by atoms with Crippen molar-refractivity contribution in [3.63, 3.8) is 0 Å². The van der Waals surface area contributed by atoms with E-state index >= 15 is 0 Å². The molecule has 2 atom stereocenters. The summed E-state index contributed by atoms with van der Waals surface area (Å²) in [4.78, 5) is 12.7. The van der Waals surface area contributed by atoms with Crippen molar-refractivity contribution in [1.82, 2.24) is 5.32 Å². The molecule has 6 nitrogen and oxygen atoms in total. The largest absolute Gasteiger partial charge is 0.381 e. The summed E-state index contributed by atoms with van der Waals surface area (Å²) < 4.78 is 32.8. The van der Waals surface area contributed by atoms with Crippen molar-refractivity contribution in [3.8, 4) is 0 Å². The number of hydrogen-bond donors (Lipinski definition) is 2. The van der Waals surface area contributed by atoms with Crippen molar-refractivity contribution in [2.45, 2.75) is 26.8 Å². The summed E-state index contributed by atoms with van der Waals surface area (Å²) in [6, 6.07) is 16.0. The molecule has 0 bridgehead atoms. The zero-order chi connectivity index (χ0) is 20.6. The Balaban J connectivity index is 2.10. The van der Waals surface area contributed by atoms with Crippen molar-refractivity contribution < 1.29 is 17.9 Å². The predicted molar refractivity (Wildman–Crippen MR) is 112 cm³/mol. The number of sulfonamides is 1. The van der Waals surface area contributed by atoms with Gasteiger partial charge in [0.25, 0.3) is 5.91 Å². The molecule has 0 aromatic heterocycles. The lowest BCUT2D eigenvalue weighted by molar-refractivity contribution is 0.0941. The molecule has 7 heteroatoms. The number of nitrogens with one attached hydrogen (secondary N) is 2. The topological polar surface area (TPSA) is 84.5 Å². The zero-order valence-corrected chi connectivity index (χ0v) is 17.3. The Morgan fingerprint density at radius 1 is 1.04 bits per heavy atom. The van der Waals surface area contributed by atoms with Gasteiger partial charge in [0.05, 0.1) is 29.7 Å². The first kappa shape index (κ1) is 21.9. The third kappa shape index (κ3) is 6.65. The molecule has 2 rings (SSSR count). The molecule has 0 heterocycles. The number of carbonyl (C=O) groups excluding carboxylic acids is 1. The van der Waals surface area contributed by atoms with Gasteiger partial charge in [-0.25, -0.2) is 8.42 Å². The van der Waals surface area contributed by atoms with E-state index in [9.17, 15) is 13.2 Å². The Kier molecular flexibility index (Phi) is 8.02.